The van der Waals surface area contributed by atoms with E-state index in [0.717, 1.165) is 4.88 Å². The van der Waals surface area contributed by atoms with Gasteiger partial charge in [0.05, 0.1) is 11.6 Å². The summed E-state index contributed by atoms with van der Waals surface area (Å²) in [7, 11) is 0. The number of amides is 1. The number of nitrogens with one attached hydrogen (secondary N) is 2. The molecule has 2 N–H and O–H groups in total. The Hall–Kier alpha value is -0.940. The highest BCUT2D eigenvalue weighted by atomic mass is 32.1. The second kappa shape index (κ2) is 5.82. The Labute approximate surface area is 94.1 Å². The SMILES string of the molecule is CC(C)NC(=O)C(C)NCc1cncs1. The minimum absolute atomic E-state index is 0.0366. The van der Waals surface area contributed by atoms with E-state index in [9.17, 15) is 4.79 Å². The molecule has 1 heterocycles. The molecule has 4 nitrogen and oxygen atoms in total. The molecule has 0 spiro atoms. The van der Waals surface area contributed by atoms with Gasteiger partial charge in [0.25, 0.3) is 0 Å². The maximum Gasteiger partial charge on any atom is 0.237 e. The molecule has 1 atom stereocenters. The first kappa shape index (κ1) is 12.1. The van der Waals surface area contributed by atoms with Crippen molar-refractivity contribution in [2.24, 2.45) is 0 Å². The van der Waals surface area contributed by atoms with Crippen LogP contribution in [0.15, 0.2) is 11.7 Å². The molecule has 0 aliphatic heterocycles. The second-order valence-electron chi connectivity index (χ2n) is 3.73. The summed E-state index contributed by atoms with van der Waals surface area (Å²) in [6.45, 7) is 6.46. The highest BCUT2D eigenvalue weighted by Gasteiger charge is 2.12. The van der Waals surface area contributed by atoms with Crippen molar-refractivity contribution in [3.05, 3.63) is 16.6 Å². The van der Waals surface area contributed by atoms with E-state index in [4.69, 9.17) is 0 Å². The Kier molecular flexibility index (Phi) is 4.71. The normalized spacial score (nSPS) is 12.8. The molecule has 1 rings (SSSR count). The van der Waals surface area contributed by atoms with E-state index < -0.39 is 0 Å². The molecule has 1 unspecified atom stereocenters. The molecule has 0 aromatic carbocycles. The van der Waals surface area contributed by atoms with Gasteiger partial charge in [-0.25, -0.2) is 0 Å². The van der Waals surface area contributed by atoms with Gasteiger partial charge in [0.2, 0.25) is 5.91 Å². The summed E-state index contributed by atoms with van der Waals surface area (Å²) in [4.78, 5) is 16.6. The third-order valence-corrected chi connectivity index (χ3v) is 2.67. The number of hydrogen-bond donors (Lipinski definition) is 2. The van der Waals surface area contributed by atoms with Crippen molar-refractivity contribution in [1.29, 1.82) is 0 Å². The van der Waals surface area contributed by atoms with Crippen molar-refractivity contribution in [3.63, 3.8) is 0 Å². The monoisotopic (exact) mass is 227 g/mol. The Morgan fingerprint density at radius 3 is 2.80 bits per heavy atom. The van der Waals surface area contributed by atoms with Crippen LogP contribution in [0.5, 0.6) is 0 Å². The number of rotatable bonds is 5. The summed E-state index contributed by atoms with van der Waals surface area (Å²) in [5.74, 6) is 0.0366. The summed E-state index contributed by atoms with van der Waals surface area (Å²) in [6.07, 6.45) is 1.81. The molecule has 0 bridgehead atoms. The van der Waals surface area contributed by atoms with Crippen molar-refractivity contribution < 1.29 is 4.79 Å². The van der Waals surface area contributed by atoms with E-state index in [2.05, 4.69) is 15.6 Å². The van der Waals surface area contributed by atoms with Gasteiger partial charge in [0.15, 0.2) is 0 Å². The fourth-order valence-electron chi connectivity index (χ4n) is 1.09. The fourth-order valence-corrected chi connectivity index (χ4v) is 1.63. The number of thiazole rings is 1. The summed E-state index contributed by atoms with van der Waals surface area (Å²) in [5.41, 5.74) is 1.79. The van der Waals surface area contributed by atoms with Gasteiger partial charge in [-0.1, -0.05) is 0 Å². The molecule has 1 aromatic rings. The molecule has 0 saturated heterocycles. The van der Waals surface area contributed by atoms with E-state index in [1.54, 1.807) is 16.8 Å². The number of carbonyl (C=O) groups excluding carboxylic acids is 1. The lowest BCUT2D eigenvalue weighted by molar-refractivity contribution is -0.123. The molecule has 15 heavy (non-hydrogen) atoms. The van der Waals surface area contributed by atoms with Crippen LogP contribution >= 0.6 is 11.3 Å². The van der Waals surface area contributed by atoms with E-state index in [1.807, 2.05) is 27.0 Å². The minimum atomic E-state index is -0.172. The first-order valence-electron chi connectivity index (χ1n) is 5.00. The van der Waals surface area contributed by atoms with Gasteiger partial charge < -0.3 is 10.6 Å². The molecular formula is C10H17N3OS. The number of hydrogen-bond acceptors (Lipinski definition) is 4. The van der Waals surface area contributed by atoms with E-state index in [0.29, 0.717) is 6.54 Å². The summed E-state index contributed by atoms with van der Waals surface area (Å²) >= 11 is 1.59. The zero-order valence-corrected chi connectivity index (χ0v) is 10.1. The molecule has 0 aliphatic carbocycles. The molecule has 0 fully saturated rings. The van der Waals surface area contributed by atoms with Crippen LogP contribution in [0.3, 0.4) is 0 Å². The third-order valence-electron chi connectivity index (χ3n) is 1.89. The Balaban J connectivity index is 2.29. The molecule has 0 radical (unpaired) electrons. The summed E-state index contributed by atoms with van der Waals surface area (Å²) < 4.78 is 0. The fraction of sp³-hybridized carbons (Fsp3) is 0.600. The van der Waals surface area contributed by atoms with Gasteiger partial charge in [-0.2, -0.15) is 0 Å². The molecule has 84 valence electrons. The number of nitrogens with zero attached hydrogens (tertiary/aromatic N) is 1. The first-order valence-corrected chi connectivity index (χ1v) is 5.88. The van der Waals surface area contributed by atoms with Crippen LogP contribution in [0.25, 0.3) is 0 Å². The van der Waals surface area contributed by atoms with Crippen molar-refractivity contribution >= 4 is 17.2 Å². The van der Waals surface area contributed by atoms with Crippen LogP contribution in [0.2, 0.25) is 0 Å². The van der Waals surface area contributed by atoms with Gasteiger partial charge >= 0.3 is 0 Å². The van der Waals surface area contributed by atoms with E-state index in [-0.39, 0.29) is 18.0 Å². The zero-order chi connectivity index (χ0) is 11.3. The van der Waals surface area contributed by atoms with E-state index in [1.165, 1.54) is 0 Å². The maximum atomic E-state index is 11.5. The topological polar surface area (TPSA) is 54.0 Å². The molecule has 1 aromatic heterocycles. The van der Waals surface area contributed by atoms with Crippen LogP contribution in [0, 0.1) is 0 Å². The van der Waals surface area contributed by atoms with Crippen molar-refractivity contribution in [1.82, 2.24) is 15.6 Å². The smallest absolute Gasteiger partial charge is 0.237 e. The summed E-state index contributed by atoms with van der Waals surface area (Å²) in [5, 5.41) is 6.01. The molecule has 0 saturated carbocycles. The first-order chi connectivity index (χ1) is 7.09. The van der Waals surface area contributed by atoms with Gasteiger partial charge in [0, 0.05) is 23.7 Å². The van der Waals surface area contributed by atoms with Crippen molar-refractivity contribution in [2.45, 2.75) is 39.4 Å². The Bertz CT molecular complexity index is 298. The standard InChI is InChI=1S/C10H17N3OS/c1-7(2)13-10(14)8(3)12-5-9-4-11-6-15-9/h4,6-8,12H,5H2,1-3H3,(H,13,14). The lowest BCUT2D eigenvalue weighted by atomic mass is 10.3. The van der Waals surface area contributed by atoms with E-state index >= 15 is 0 Å². The maximum absolute atomic E-state index is 11.5. The average molecular weight is 227 g/mol. The van der Waals surface area contributed by atoms with Crippen LogP contribution in [0.1, 0.15) is 25.6 Å². The highest BCUT2D eigenvalue weighted by Crippen LogP contribution is 2.04. The van der Waals surface area contributed by atoms with Crippen LogP contribution in [-0.4, -0.2) is 23.0 Å². The number of aromatic nitrogens is 1. The Morgan fingerprint density at radius 1 is 1.53 bits per heavy atom. The lowest BCUT2D eigenvalue weighted by Gasteiger charge is -2.15. The predicted octanol–water partition coefficient (Wildman–Crippen LogP) is 1.15. The largest absolute Gasteiger partial charge is 0.353 e. The third kappa shape index (κ3) is 4.40. The molecule has 0 aliphatic rings. The van der Waals surface area contributed by atoms with Gasteiger partial charge in [-0.3, -0.25) is 9.78 Å². The van der Waals surface area contributed by atoms with Crippen LogP contribution in [-0.2, 0) is 11.3 Å². The minimum Gasteiger partial charge on any atom is -0.353 e. The van der Waals surface area contributed by atoms with Gasteiger partial charge in [-0.05, 0) is 20.8 Å². The summed E-state index contributed by atoms with van der Waals surface area (Å²) in [6, 6.07) is 0.0136. The number of carbonyl (C=O) groups is 1. The van der Waals surface area contributed by atoms with Crippen molar-refractivity contribution in [3.8, 4) is 0 Å². The van der Waals surface area contributed by atoms with Crippen LogP contribution in [0.4, 0.5) is 0 Å². The second-order valence-corrected chi connectivity index (χ2v) is 4.70. The van der Waals surface area contributed by atoms with Crippen LogP contribution < -0.4 is 10.6 Å². The zero-order valence-electron chi connectivity index (χ0n) is 9.28. The Morgan fingerprint density at radius 2 is 2.27 bits per heavy atom. The molecule has 1 amide bonds. The highest BCUT2D eigenvalue weighted by molar-refractivity contribution is 7.09. The lowest BCUT2D eigenvalue weighted by Crippen LogP contribution is -2.44. The molecular weight excluding hydrogens is 210 g/mol. The quantitative estimate of drug-likeness (QED) is 0.793. The molecule has 5 heteroatoms. The predicted molar refractivity (Wildman–Crippen MR) is 61.7 cm³/mol. The van der Waals surface area contributed by atoms with Gasteiger partial charge in [-0.15, -0.1) is 11.3 Å². The van der Waals surface area contributed by atoms with Gasteiger partial charge in [0.1, 0.15) is 0 Å². The van der Waals surface area contributed by atoms with Crippen molar-refractivity contribution in [2.75, 3.05) is 0 Å². The average Bonchev–Trinajstić information content (AvgIpc) is 2.65.